The smallest absolute Gasteiger partial charge is 0.272 e. The van der Waals surface area contributed by atoms with Crippen LogP contribution in [0.1, 0.15) is 28.7 Å². The first-order valence-corrected chi connectivity index (χ1v) is 11.6. The summed E-state index contributed by atoms with van der Waals surface area (Å²) in [5.74, 6) is -0.215. The SMILES string of the molecule is C[C@H]1COCCN(C)C(=O)c2c(cnn2C)/C=C/c2n[nH]c3c(Cl)cc(cc23)S1(=O)=O. The van der Waals surface area contributed by atoms with Gasteiger partial charge in [-0.2, -0.15) is 10.2 Å². The van der Waals surface area contributed by atoms with Gasteiger partial charge in [-0.25, -0.2) is 8.42 Å². The number of likely N-dealkylation sites (N-methyl/N-ethyl adjacent to an activating group) is 1. The third-order valence-electron chi connectivity index (χ3n) is 5.35. The van der Waals surface area contributed by atoms with E-state index >= 15 is 0 Å². The number of benzene rings is 1. The summed E-state index contributed by atoms with van der Waals surface area (Å²) >= 11 is 6.35. The zero-order valence-electron chi connectivity index (χ0n) is 17.3. The first-order valence-electron chi connectivity index (χ1n) is 9.65. The predicted octanol–water partition coefficient (Wildman–Crippen LogP) is 2.38. The minimum atomic E-state index is -3.68. The van der Waals surface area contributed by atoms with Gasteiger partial charge in [-0.05, 0) is 31.2 Å². The van der Waals surface area contributed by atoms with Crippen molar-refractivity contribution in [3.05, 3.63) is 40.3 Å². The van der Waals surface area contributed by atoms with Crippen LogP contribution in [0.2, 0.25) is 5.02 Å². The third kappa shape index (κ3) is 3.86. The van der Waals surface area contributed by atoms with Gasteiger partial charge in [0.05, 0.1) is 45.8 Å². The van der Waals surface area contributed by atoms with Gasteiger partial charge >= 0.3 is 0 Å². The second kappa shape index (κ2) is 8.10. The van der Waals surface area contributed by atoms with Crippen molar-refractivity contribution in [1.29, 1.82) is 0 Å². The molecule has 164 valence electrons. The van der Waals surface area contributed by atoms with E-state index in [1.165, 1.54) is 15.6 Å². The van der Waals surface area contributed by atoms with E-state index in [1.54, 1.807) is 45.4 Å². The molecule has 11 heteroatoms. The molecule has 1 atom stereocenters. The Hall–Kier alpha value is -2.69. The second-order valence-electron chi connectivity index (χ2n) is 7.50. The summed E-state index contributed by atoms with van der Waals surface area (Å²) in [5, 5.41) is 11.4. The summed E-state index contributed by atoms with van der Waals surface area (Å²) < 4.78 is 33.2. The summed E-state index contributed by atoms with van der Waals surface area (Å²) in [6, 6.07) is 2.99. The van der Waals surface area contributed by atoms with Crippen LogP contribution in [-0.2, 0) is 21.6 Å². The summed E-state index contributed by atoms with van der Waals surface area (Å²) in [7, 11) is -0.310. The molecule has 0 radical (unpaired) electrons. The Bertz CT molecular complexity index is 1290. The highest BCUT2D eigenvalue weighted by atomic mass is 35.5. The quantitative estimate of drug-likeness (QED) is 0.548. The number of aromatic nitrogens is 4. The summed E-state index contributed by atoms with van der Waals surface area (Å²) in [6.07, 6.45) is 5.03. The van der Waals surface area contributed by atoms with E-state index < -0.39 is 15.1 Å². The maximum Gasteiger partial charge on any atom is 0.272 e. The summed E-state index contributed by atoms with van der Waals surface area (Å²) in [6.45, 7) is 2.09. The van der Waals surface area contributed by atoms with Gasteiger partial charge in [0.25, 0.3) is 5.91 Å². The number of hydrogen-bond acceptors (Lipinski definition) is 6. The van der Waals surface area contributed by atoms with Crippen LogP contribution in [0, 0.1) is 0 Å². The van der Waals surface area contributed by atoms with Gasteiger partial charge in [0, 0.05) is 31.6 Å². The molecule has 0 fully saturated rings. The molecule has 31 heavy (non-hydrogen) atoms. The van der Waals surface area contributed by atoms with Gasteiger partial charge in [0.2, 0.25) is 0 Å². The molecule has 9 nitrogen and oxygen atoms in total. The Morgan fingerprint density at radius 1 is 1.26 bits per heavy atom. The Kier molecular flexibility index (Phi) is 5.63. The number of fused-ring (bicyclic) bond motifs is 2. The normalized spacial score (nSPS) is 20.8. The van der Waals surface area contributed by atoms with Gasteiger partial charge in [0.1, 0.15) is 5.69 Å². The number of amides is 1. The van der Waals surface area contributed by atoms with E-state index in [-0.39, 0.29) is 29.0 Å². The van der Waals surface area contributed by atoms with Gasteiger partial charge in [-0.1, -0.05) is 11.6 Å². The summed E-state index contributed by atoms with van der Waals surface area (Å²) in [4.78, 5) is 14.6. The molecule has 3 heterocycles. The van der Waals surface area contributed by atoms with Crippen molar-refractivity contribution in [2.45, 2.75) is 17.1 Å². The number of halogens is 1. The van der Waals surface area contributed by atoms with Gasteiger partial charge in [-0.15, -0.1) is 0 Å². The largest absolute Gasteiger partial charge is 0.378 e. The van der Waals surface area contributed by atoms with Gasteiger partial charge < -0.3 is 9.64 Å². The molecule has 0 saturated heterocycles. The highest BCUT2D eigenvalue weighted by molar-refractivity contribution is 7.92. The Labute approximate surface area is 184 Å². The van der Waals surface area contributed by atoms with E-state index in [4.69, 9.17) is 16.3 Å². The molecule has 2 aromatic heterocycles. The molecular weight excluding hydrogens is 442 g/mol. The van der Waals surface area contributed by atoms with Crippen LogP contribution >= 0.6 is 11.6 Å². The average molecular weight is 464 g/mol. The van der Waals surface area contributed by atoms with Crippen molar-refractivity contribution in [3.8, 4) is 0 Å². The number of rotatable bonds is 0. The lowest BCUT2D eigenvalue weighted by Crippen LogP contribution is -2.33. The number of ether oxygens (including phenoxy) is 1. The average Bonchev–Trinajstić information content (AvgIpc) is 3.31. The minimum Gasteiger partial charge on any atom is -0.378 e. The van der Waals surface area contributed by atoms with Crippen LogP contribution in [0.15, 0.2) is 23.2 Å². The van der Waals surface area contributed by atoms with Crippen molar-refractivity contribution < 1.29 is 17.9 Å². The fourth-order valence-corrected chi connectivity index (χ4v) is 5.06. The van der Waals surface area contributed by atoms with E-state index in [0.29, 0.717) is 34.4 Å². The first-order chi connectivity index (χ1) is 14.7. The first kappa shape index (κ1) is 21.5. The number of nitrogens with zero attached hydrogens (tertiary/aromatic N) is 4. The van der Waals surface area contributed by atoms with E-state index in [2.05, 4.69) is 15.3 Å². The van der Waals surface area contributed by atoms with E-state index in [9.17, 15) is 13.2 Å². The van der Waals surface area contributed by atoms with E-state index in [1.807, 2.05) is 0 Å². The molecule has 0 saturated carbocycles. The zero-order chi connectivity index (χ0) is 22.3. The molecule has 1 amide bonds. The highest BCUT2D eigenvalue weighted by Crippen LogP contribution is 2.31. The number of hydrogen-bond donors (Lipinski definition) is 1. The number of nitrogens with one attached hydrogen (secondary N) is 1. The van der Waals surface area contributed by atoms with Crippen LogP contribution in [0.3, 0.4) is 0 Å². The predicted molar refractivity (Wildman–Crippen MR) is 118 cm³/mol. The lowest BCUT2D eigenvalue weighted by Gasteiger charge is -2.19. The Morgan fingerprint density at radius 2 is 2.03 bits per heavy atom. The van der Waals surface area contributed by atoms with Gasteiger partial charge in [0.15, 0.2) is 9.84 Å². The number of carbonyl (C=O) groups is 1. The summed E-state index contributed by atoms with van der Waals surface area (Å²) in [5.41, 5.74) is 2.08. The van der Waals surface area contributed by atoms with Crippen molar-refractivity contribution in [3.63, 3.8) is 0 Å². The molecule has 0 unspecified atom stereocenters. The zero-order valence-corrected chi connectivity index (χ0v) is 18.9. The lowest BCUT2D eigenvalue weighted by molar-refractivity contribution is 0.0688. The van der Waals surface area contributed by atoms with Crippen LogP contribution < -0.4 is 0 Å². The molecule has 3 aromatic rings. The highest BCUT2D eigenvalue weighted by Gasteiger charge is 2.26. The monoisotopic (exact) mass is 463 g/mol. The number of aromatic amines is 1. The third-order valence-corrected chi connectivity index (χ3v) is 7.73. The van der Waals surface area contributed by atoms with Crippen LogP contribution in [-0.4, -0.2) is 71.3 Å². The van der Waals surface area contributed by atoms with Crippen molar-refractivity contribution >= 4 is 50.4 Å². The topological polar surface area (TPSA) is 110 Å². The fraction of sp³-hybridized carbons (Fsp3) is 0.350. The molecule has 1 aliphatic rings. The molecule has 1 aliphatic heterocycles. The molecule has 4 rings (SSSR count). The van der Waals surface area contributed by atoms with Crippen LogP contribution in [0.25, 0.3) is 23.1 Å². The van der Waals surface area contributed by atoms with Crippen LogP contribution in [0.4, 0.5) is 0 Å². The van der Waals surface area contributed by atoms with Gasteiger partial charge in [-0.3, -0.25) is 14.6 Å². The lowest BCUT2D eigenvalue weighted by atomic mass is 10.1. The molecule has 2 bridgehead atoms. The standard InChI is InChI=1S/C20H22ClN5O4S/c1-12-11-30-7-6-25(2)20(27)19-13(10-22-26(19)3)4-5-17-15-8-14(31(12,28)29)9-16(21)18(15)24-23-17/h4-5,8-10,12H,6-7,11H2,1-3H3,(H,23,24)/b5-4+/t12-/m0/s1. The van der Waals surface area contributed by atoms with Crippen molar-refractivity contribution in [1.82, 2.24) is 24.9 Å². The molecule has 1 aromatic carbocycles. The second-order valence-corrected chi connectivity index (χ2v) is 10.3. The molecule has 0 aliphatic carbocycles. The molecule has 1 N–H and O–H groups in total. The number of H-pyrrole nitrogens is 1. The number of aryl methyl sites for hydroxylation is 1. The number of carbonyl (C=O) groups excluding carboxylic acids is 1. The maximum atomic E-state index is 13.1. The number of sulfone groups is 1. The maximum absolute atomic E-state index is 13.1. The van der Waals surface area contributed by atoms with Crippen LogP contribution in [0.5, 0.6) is 0 Å². The van der Waals surface area contributed by atoms with Crippen molar-refractivity contribution in [2.24, 2.45) is 7.05 Å². The molecular formula is C20H22ClN5O4S. The van der Waals surface area contributed by atoms with E-state index in [0.717, 1.165) is 0 Å². The minimum absolute atomic E-state index is 0.00483. The molecule has 0 spiro atoms. The fourth-order valence-electron chi connectivity index (χ4n) is 3.43. The Morgan fingerprint density at radius 3 is 2.81 bits per heavy atom. The Balaban J connectivity index is 1.89. The van der Waals surface area contributed by atoms with Crippen molar-refractivity contribution in [2.75, 3.05) is 26.8 Å².